The summed E-state index contributed by atoms with van der Waals surface area (Å²) in [4.78, 5) is 14.9. The minimum absolute atomic E-state index is 0.0805. The summed E-state index contributed by atoms with van der Waals surface area (Å²) in [6, 6.07) is 37.7. The number of benzene rings is 5. The Morgan fingerprint density at radius 2 is 1.27 bits per heavy atom. The highest BCUT2D eigenvalue weighted by molar-refractivity contribution is 6.17. The molecule has 4 heteroatoms. The van der Waals surface area contributed by atoms with E-state index in [1.165, 1.54) is 22.3 Å². The van der Waals surface area contributed by atoms with Crippen molar-refractivity contribution in [3.63, 3.8) is 0 Å². The van der Waals surface area contributed by atoms with Crippen molar-refractivity contribution in [2.75, 3.05) is 0 Å². The van der Waals surface area contributed by atoms with Crippen LogP contribution in [-0.2, 0) is 5.41 Å². The van der Waals surface area contributed by atoms with Crippen LogP contribution in [0.4, 0.5) is 0 Å². The molecule has 0 N–H and O–H groups in total. The molecule has 0 spiro atoms. The van der Waals surface area contributed by atoms with Gasteiger partial charge >= 0.3 is 0 Å². The second-order valence-corrected chi connectivity index (χ2v) is 11.4. The number of nitrogens with zero attached hydrogens (tertiary/aromatic N) is 3. The molecule has 8 rings (SSSR count). The van der Waals surface area contributed by atoms with E-state index in [1.807, 2.05) is 48.5 Å². The molecule has 2 aromatic heterocycles. The van der Waals surface area contributed by atoms with Crippen LogP contribution in [0.15, 0.2) is 114 Å². The zero-order valence-corrected chi connectivity index (χ0v) is 23.1. The quantitative estimate of drug-likeness (QED) is 0.229. The maximum atomic E-state index is 6.66. The van der Waals surface area contributed by atoms with Gasteiger partial charge in [-0.1, -0.05) is 110 Å². The van der Waals surface area contributed by atoms with Gasteiger partial charge in [-0.05, 0) is 47.4 Å². The molecule has 0 saturated carbocycles. The fourth-order valence-corrected chi connectivity index (χ4v) is 6.38. The van der Waals surface area contributed by atoms with Gasteiger partial charge in [0, 0.05) is 27.3 Å². The van der Waals surface area contributed by atoms with Crippen LogP contribution < -0.4 is 0 Å². The summed E-state index contributed by atoms with van der Waals surface area (Å²) in [7, 11) is 0. The predicted octanol–water partition coefficient (Wildman–Crippen LogP) is 9.39. The smallest absolute Gasteiger partial charge is 0.167 e. The van der Waals surface area contributed by atoms with Gasteiger partial charge in [-0.15, -0.1) is 0 Å². The minimum atomic E-state index is -0.0805. The molecule has 0 unspecified atom stereocenters. The van der Waals surface area contributed by atoms with Gasteiger partial charge in [0.05, 0.1) is 5.56 Å². The highest BCUT2D eigenvalue weighted by atomic mass is 16.3. The normalized spacial score (nSPS) is 13.4. The average Bonchev–Trinajstić information content (AvgIpc) is 3.50. The average molecular weight is 530 g/mol. The lowest BCUT2D eigenvalue weighted by atomic mass is 9.82. The van der Waals surface area contributed by atoms with Crippen molar-refractivity contribution in [3.8, 4) is 45.3 Å². The summed E-state index contributed by atoms with van der Waals surface area (Å²) in [5, 5.41) is 2.22. The first-order chi connectivity index (χ1) is 20.0. The number of hydrogen-bond acceptors (Lipinski definition) is 4. The van der Waals surface area contributed by atoms with Crippen molar-refractivity contribution in [2.45, 2.75) is 26.2 Å². The molecule has 1 aliphatic rings. The summed E-state index contributed by atoms with van der Waals surface area (Å²) >= 11 is 0. The van der Waals surface area contributed by atoms with E-state index in [9.17, 15) is 0 Å². The van der Waals surface area contributed by atoms with Crippen molar-refractivity contribution in [1.29, 1.82) is 0 Å². The third kappa shape index (κ3) is 3.57. The summed E-state index contributed by atoms with van der Waals surface area (Å²) in [5.41, 5.74) is 10.7. The summed E-state index contributed by atoms with van der Waals surface area (Å²) in [5.74, 6) is 1.87. The molecule has 5 aromatic carbocycles. The number of para-hydroxylation sites is 1. The lowest BCUT2D eigenvalue weighted by Crippen LogP contribution is -2.14. The van der Waals surface area contributed by atoms with Crippen molar-refractivity contribution in [3.05, 3.63) is 126 Å². The Kier molecular flexibility index (Phi) is 5.05. The fraction of sp³-hybridized carbons (Fsp3) is 0.108. The molecule has 0 aliphatic heterocycles. The number of fused-ring (bicyclic) bond motifs is 7. The molecule has 41 heavy (non-hydrogen) atoms. The molecule has 2 heterocycles. The summed E-state index contributed by atoms with van der Waals surface area (Å²) < 4.78 is 6.66. The monoisotopic (exact) mass is 529 g/mol. The molecule has 0 radical (unpaired) electrons. The van der Waals surface area contributed by atoms with Crippen LogP contribution in [0, 0.1) is 6.92 Å². The molecule has 0 atom stereocenters. The highest BCUT2D eigenvalue weighted by Gasteiger charge is 2.37. The van der Waals surface area contributed by atoms with Gasteiger partial charge in [0.1, 0.15) is 11.2 Å². The molecule has 196 valence electrons. The van der Waals surface area contributed by atoms with Gasteiger partial charge < -0.3 is 4.42 Å². The standard InChI is InChI=1S/C37H27N3O/c1-22-11-9-14-24(21-22)35-38-34(23-12-5-4-6-13-23)39-36(40-35)27-17-10-16-26-32-30(41-33(26)27)20-19-29-31(32)25-15-7-8-18-28(25)37(29,2)3/h4-21H,1-3H3. The van der Waals surface area contributed by atoms with Gasteiger partial charge in [-0.25, -0.2) is 15.0 Å². The van der Waals surface area contributed by atoms with Crippen molar-refractivity contribution in [2.24, 2.45) is 0 Å². The molecule has 0 fully saturated rings. The highest BCUT2D eigenvalue weighted by Crippen LogP contribution is 2.53. The van der Waals surface area contributed by atoms with Crippen LogP contribution in [0.5, 0.6) is 0 Å². The number of aryl methyl sites for hydroxylation is 1. The largest absolute Gasteiger partial charge is 0.455 e. The van der Waals surface area contributed by atoms with Crippen LogP contribution in [0.2, 0.25) is 0 Å². The van der Waals surface area contributed by atoms with Crippen molar-refractivity contribution in [1.82, 2.24) is 15.0 Å². The molecule has 0 saturated heterocycles. The fourth-order valence-electron chi connectivity index (χ4n) is 6.38. The molecular formula is C37H27N3O. The number of hydrogen-bond donors (Lipinski definition) is 0. The van der Waals surface area contributed by atoms with E-state index in [-0.39, 0.29) is 5.41 Å². The second kappa shape index (κ2) is 8.70. The second-order valence-electron chi connectivity index (χ2n) is 11.4. The van der Waals surface area contributed by atoms with E-state index in [1.54, 1.807) is 0 Å². The zero-order valence-electron chi connectivity index (χ0n) is 23.1. The minimum Gasteiger partial charge on any atom is -0.455 e. The van der Waals surface area contributed by atoms with Crippen LogP contribution in [0.1, 0.15) is 30.5 Å². The van der Waals surface area contributed by atoms with E-state index in [2.05, 4.69) is 81.4 Å². The first-order valence-corrected chi connectivity index (χ1v) is 14.0. The Bertz CT molecular complexity index is 2140. The molecule has 4 nitrogen and oxygen atoms in total. The van der Waals surface area contributed by atoms with Crippen molar-refractivity contribution < 1.29 is 4.42 Å². The van der Waals surface area contributed by atoms with Gasteiger partial charge in [-0.2, -0.15) is 0 Å². The third-order valence-corrected chi connectivity index (χ3v) is 8.39. The van der Waals surface area contributed by atoms with Crippen LogP contribution >= 0.6 is 0 Å². The zero-order chi connectivity index (χ0) is 27.7. The number of furan rings is 1. The van der Waals surface area contributed by atoms with Gasteiger partial charge in [0.2, 0.25) is 0 Å². The molecular weight excluding hydrogens is 502 g/mol. The summed E-state index contributed by atoms with van der Waals surface area (Å²) in [6.07, 6.45) is 0. The van der Waals surface area contributed by atoms with E-state index in [0.29, 0.717) is 17.5 Å². The number of aromatic nitrogens is 3. The Hall–Kier alpha value is -5.09. The Balaban J connectivity index is 1.41. The lowest BCUT2D eigenvalue weighted by Gasteiger charge is -2.21. The summed E-state index contributed by atoms with van der Waals surface area (Å²) in [6.45, 7) is 6.69. The first kappa shape index (κ1) is 23.8. The van der Waals surface area contributed by atoms with E-state index in [4.69, 9.17) is 19.4 Å². The van der Waals surface area contributed by atoms with Gasteiger partial charge in [0.15, 0.2) is 17.5 Å². The number of rotatable bonds is 3. The maximum Gasteiger partial charge on any atom is 0.167 e. The van der Waals surface area contributed by atoms with Crippen LogP contribution in [0.3, 0.4) is 0 Å². The van der Waals surface area contributed by atoms with Gasteiger partial charge in [-0.3, -0.25) is 0 Å². The van der Waals surface area contributed by atoms with Crippen LogP contribution in [0.25, 0.3) is 67.2 Å². The first-order valence-electron chi connectivity index (χ1n) is 14.0. The van der Waals surface area contributed by atoms with E-state index < -0.39 is 0 Å². The molecule has 0 bridgehead atoms. The molecule has 1 aliphatic carbocycles. The molecule has 0 amide bonds. The van der Waals surface area contributed by atoms with Crippen LogP contribution in [-0.4, -0.2) is 15.0 Å². The van der Waals surface area contributed by atoms with E-state index in [0.717, 1.165) is 44.2 Å². The van der Waals surface area contributed by atoms with Gasteiger partial charge in [0.25, 0.3) is 0 Å². The lowest BCUT2D eigenvalue weighted by molar-refractivity contribution is 0.657. The van der Waals surface area contributed by atoms with E-state index >= 15 is 0 Å². The Morgan fingerprint density at radius 1 is 0.585 bits per heavy atom. The Labute approximate surface area is 238 Å². The molecule has 7 aromatic rings. The maximum absolute atomic E-state index is 6.66. The Morgan fingerprint density at radius 3 is 2.10 bits per heavy atom. The van der Waals surface area contributed by atoms with Crippen molar-refractivity contribution >= 4 is 21.9 Å². The topological polar surface area (TPSA) is 51.8 Å². The third-order valence-electron chi connectivity index (χ3n) is 8.39. The SMILES string of the molecule is Cc1cccc(-c2nc(-c3ccccc3)nc(-c3cccc4c3oc3ccc5c(c34)-c3ccccc3C5(C)C)n2)c1. The predicted molar refractivity (Wildman–Crippen MR) is 166 cm³/mol.